The Kier molecular flexibility index (Phi) is 3.54. The molecule has 6 heteroatoms. The highest BCUT2D eigenvalue weighted by molar-refractivity contribution is 9.10. The SMILES string of the molecule is COC(=O)c1oc(-c2ccoc2Br)nc1C(C)(C)C. The number of furan rings is 1. The third-order valence-electron chi connectivity index (χ3n) is 2.56. The quantitative estimate of drug-likeness (QED) is 0.785. The molecular formula is C13H14BrNO4. The minimum atomic E-state index is -0.539. The Morgan fingerprint density at radius 3 is 2.58 bits per heavy atom. The monoisotopic (exact) mass is 327 g/mol. The molecule has 102 valence electrons. The molecule has 0 fully saturated rings. The molecule has 0 bridgehead atoms. The van der Waals surface area contributed by atoms with Crippen molar-refractivity contribution in [3.8, 4) is 11.5 Å². The maximum atomic E-state index is 11.8. The second-order valence-corrected chi connectivity index (χ2v) is 5.77. The lowest BCUT2D eigenvalue weighted by Crippen LogP contribution is -2.17. The Labute approximate surface area is 119 Å². The van der Waals surface area contributed by atoms with Gasteiger partial charge in [0.15, 0.2) is 4.67 Å². The molecule has 2 heterocycles. The highest BCUT2D eigenvalue weighted by Crippen LogP contribution is 2.34. The molecule has 0 radical (unpaired) electrons. The van der Waals surface area contributed by atoms with Crippen LogP contribution in [0.4, 0.5) is 0 Å². The fraction of sp³-hybridized carbons (Fsp3) is 0.385. The maximum Gasteiger partial charge on any atom is 0.376 e. The van der Waals surface area contributed by atoms with Crippen molar-refractivity contribution in [2.45, 2.75) is 26.2 Å². The second kappa shape index (κ2) is 4.85. The fourth-order valence-electron chi connectivity index (χ4n) is 1.62. The zero-order valence-corrected chi connectivity index (χ0v) is 12.7. The van der Waals surface area contributed by atoms with Crippen LogP contribution in [0.15, 0.2) is 25.8 Å². The number of aromatic nitrogens is 1. The highest BCUT2D eigenvalue weighted by Gasteiger charge is 2.30. The van der Waals surface area contributed by atoms with Gasteiger partial charge in [-0.15, -0.1) is 0 Å². The minimum absolute atomic E-state index is 0.123. The van der Waals surface area contributed by atoms with E-state index in [1.807, 2.05) is 20.8 Å². The first-order valence-corrected chi connectivity index (χ1v) is 6.47. The number of esters is 1. The van der Waals surface area contributed by atoms with Crippen LogP contribution in [0.2, 0.25) is 0 Å². The van der Waals surface area contributed by atoms with Gasteiger partial charge in [0, 0.05) is 5.41 Å². The molecular weight excluding hydrogens is 314 g/mol. The van der Waals surface area contributed by atoms with Crippen LogP contribution in [0.25, 0.3) is 11.5 Å². The summed E-state index contributed by atoms with van der Waals surface area (Å²) in [6, 6.07) is 1.71. The van der Waals surface area contributed by atoms with Gasteiger partial charge in [-0.25, -0.2) is 9.78 Å². The van der Waals surface area contributed by atoms with Crippen molar-refractivity contribution in [3.05, 3.63) is 28.5 Å². The Hall–Kier alpha value is -1.56. The van der Waals surface area contributed by atoms with E-state index in [0.717, 1.165) is 0 Å². The lowest BCUT2D eigenvalue weighted by molar-refractivity contribution is 0.0562. The Bertz CT molecular complexity index is 606. The number of carbonyl (C=O) groups is 1. The summed E-state index contributed by atoms with van der Waals surface area (Å²) in [6.07, 6.45) is 1.51. The molecule has 0 unspecified atom stereocenters. The molecule has 2 rings (SSSR count). The molecule has 5 nitrogen and oxygen atoms in total. The molecule has 0 atom stereocenters. The largest absolute Gasteiger partial charge is 0.463 e. The molecule has 0 aromatic carbocycles. The van der Waals surface area contributed by atoms with Crippen LogP contribution < -0.4 is 0 Å². The van der Waals surface area contributed by atoms with Gasteiger partial charge in [-0.05, 0) is 22.0 Å². The summed E-state index contributed by atoms with van der Waals surface area (Å²) in [4.78, 5) is 16.2. The van der Waals surface area contributed by atoms with Crippen molar-refractivity contribution in [2.24, 2.45) is 0 Å². The third-order valence-corrected chi connectivity index (χ3v) is 3.17. The molecule has 0 spiro atoms. The zero-order valence-electron chi connectivity index (χ0n) is 11.1. The van der Waals surface area contributed by atoms with Crippen molar-refractivity contribution in [1.29, 1.82) is 0 Å². The molecule has 0 aliphatic heterocycles. The number of hydrogen-bond donors (Lipinski definition) is 0. The third kappa shape index (κ3) is 2.58. The number of carbonyl (C=O) groups excluding carboxylic acids is 1. The average molecular weight is 328 g/mol. The van der Waals surface area contributed by atoms with E-state index in [4.69, 9.17) is 13.6 Å². The summed E-state index contributed by atoms with van der Waals surface area (Å²) < 4.78 is 15.9. The van der Waals surface area contributed by atoms with Gasteiger partial charge in [0.2, 0.25) is 11.7 Å². The second-order valence-electron chi connectivity index (χ2n) is 5.05. The van der Waals surface area contributed by atoms with E-state index in [-0.39, 0.29) is 11.2 Å². The van der Waals surface area contributed by atoms with Gasteiger partial charge in [-0.2, -0.15) is 0 Å². The molecule has 0 amide bonds. The van der Waals surface area contributed by atoms with Crippen molar-refractivity contribution in [2.75, 3.05) is 7.11 Å². The van der Waals surface area contributed by atoms with E-state index in [2.05, 4.69) is 20.9 Å². The summed E-state index contributed by atoms with van der Waals surface area (Å²) in [5, 5.41) is 0. The van der Waals surface area contributed by atoms with Crippen molar-refractivity contribution in [3.63, 3.8) is 0 Å². The molecule has 19 heavy (non-hydrogen) atoms. The van der Waals surface area contributed by atoms with Gasteiger partial charge in [0.1, 0.15) is 5.69 Å². The number of ether oxygens (including phenoxy) is 1. The number of oxazole rings is 1. The number of hydrogen-bond acceptors (Lipinski definition) is 5. The van der Waals surface area contributed by atoms with Crippen molar-refractivity contribution < 1.29 is 18.4 Å². The molecule has 0 aliphatic rings. The van der Waals surface area contributed by atoms with Gasteiger partial charge >= 0.3 is 5.97 Å². The Morgan fingerprint density at radius 2 is 2.11 bits per heavy atom. The van der Waals surface area contributed by atoms with Crippen LogP contribution in [-0.2, 0) is 10.2 Å². The van der Waals surface area contributed by atoms with E-state index in [1.165, 1.54) is 13.4 Å². The Morgan fingerprint density at radius 1 is 1.42 bits per heavy atom. The Balaban J connectivity index is 2.58. The molecule has 0 aliphatic carbocycles. The first-order valence-electron chi connectivity index (χ1n) is 5.67. The standard InChI is InChI=1S/C13H14BrNO4/c1-13(2,3)9-8(12(16)17-4)19-11(15-9)7-5-6-18-10(7)14/h5-6H,1-4H3. The van der Waals surface area contributed by atoms with Crippen LogP contribution in [0.5, 0.6) is 0 Å². The fourth-order valence-corrected chi connectivity index (χ4v) is 2.03. The number of methoxy groups -OCH3 is 1. The average Bonchev–Trinajstić information content (AvgIpc) is 2.92. The summed E-state index contributed by atoms with van der Waals surface area (Å²) in [6.45, 7) is 5.85. The molecule has 0 saturated heterocycles. The van der Waals surface area contributed by atoms with Gasteiger partial charge in [-0.3, -0.25) is 0 Å². The van der Waals surface area contributed by atoms with Gasteiger partial charge in [0.05, 0.1) is 18.9 Å². The maximum absolute atomic E-state index is 11.8. The first kappa shape index (κ1) is 13.9. The van der Waals surface area contributed by atoms with E-state index in [1.54, 1.807) is 6.07 Å². The number of rotatable bonds is 2. The summed E-state index contributed by atoms with van der Waals surface area (Å²) in [5.74, 6) is -0.0904. The lowest BCUT2D eigenvalue weighted by Gasteiger charge is -2.15. The number of nitrogens with zero attached hydrogens (tertiary/aromatic N) is 1. The van der Waals surface area contributed by atoms with Crippen LogP contribution in [0.3, 0.4) is 0 Å². The highest BCUT2D eigenvalue weighted by atomic mass is 79.9. The molecule has 0 saturated carbocycles. The van der Waals surface area contributed by atoms with Crippen LogP contribution in [0, 0.1) is 0 Å². The van der Waals surface area contributed by atoms with Gasteiger partial charge in [0.25, 0.3) is 0 Å². The van der Waals surface area contributed by atoms with E-state index in [9.17, 15) is 4.79 Å². The van der Waals surface area contributed by atoms with E-state index in [0.29, 0.717) is 21.8 Å². The minimum Gasteiger partial charge on any atom is -0.463 e. The normalized spacial score (nSPS) is 11.6. The number of halogens is 1. The van der Waals surface area contributed by atoms with Crippen LogP contribution >= 0.6 is 15.9 Å². The predicted molar refractivity (Wildman–Crippen MR) is 71.9 cm³/mol. The topological polar surface area (TPSA) is 65.5 Å². The molecule has 2 aromatic heterocycles. The predicted octanol–water partition coefficient (Wildman–Crippen LogP) is 3.78. The first-order chi connectivity index (χ1) is 8.84. The lowest BCUT2D eigenvalue weighted by atomic mass is 9.91. The van der Waals surface area contributed by atoms with Crippen LogP contribution in [0.1, 0.15) is 37.0 Å². The van der Waals surface area contributed by atoms with Gasteiger partial charge < -0.3 is 13.6 Å². The van der Waals surface area contributed by atoms with E-state index >= 15 is 0 Å². The van der Waals surface area contributed by atoms with Crippen molar-refractivity contribution in [1.82, 2.24) is 4.98 Å². The van der Waals surface area contributed by atoms with Crippen LogP contribution in [-0.4, -0.2) is 18.1 Å². The molecule has 0 N–H and O–H groups in total. The molecule has 2 aromatic rings. The summed E-state index contributed by atoms with van der Waals surface area (Å²) in [7, 11) is 1.31. The van der Waals surface area contributed by atoms with Crippen molar-refractivity contribution >= 4 is 21.9 Å². The van der Waals surface area contributed by atoms with Gasteiger partial charge in [-0.1, -0.05) is 20.8 Å². The summed E-state index contributed by atoms with van der Waals surface area (Å²) in [5.41, 5.74) is 0.879. The zero-order chi connectivity index (χ0) is 14.2. The van der Waals surface area contributed by atoms with E-state index < -0.39 is 5.97 Å². The smallest absolute Gasteiger partial charge is 0.376 e. The summed E-state index contributed by atoms with van der Waals surface area (Å²) >= 11 is 3.26.